The molecule has 0 aliphatic heterocycles. The quantitative estimate of drug-likeness (QED) is 0.779. The van der Waals surface area contributed by atoms with Crippen LogP contribution in [0.2, 0.25) is 5.02 Å². The third-order valence-electron chi connectivity index (χ3n) is 1.92. The van der Waals surface area contributed by atoms with E-state index in [2.05, 4.69) is 30.9 Å². The molecule has 0 atom stereocenters. The summed E-state index contributed by atoms with van der Waals surface area (Å²) in [7, 11) is 0. The molecule has 0 fully saturated rings. The maximum atomic E-state index is 5.84. The molecule has 0 N–H and O–H groups in total. The lowest BCUT2D eigenvalue weighted by atomic mass is 10.4. The number of hydrogen-bond acceptors (Lipinski definition) is 4. The lowest BCUT2D eigenvalue weighted by Gasteiger charge is -2.04. The van der Waals surface area contributed by atoms with E-state index in [1.807, 2.05) is 19.9 Å². The molecule has 2 aromatic rings. The average molecular weight is 331 g/mol. The Labute approximate surface area is 117 Å². The summed E-state index contributed by atoms with van der Waals surface area (Å²) >= 11 is 10.7. The van der Waals surface area contributed by atoms with Crippen LogP contribution in [0.1, 0.15) is 11.4 Å². The Morgan fingerprint density at radius 3 is 2.41 bits per heavy atom. The van der Waals surface area contributed by atoms with Crippen molar-refractivity contribution in [1.29, 1.82) is 0 Å². The summed E-state index contributed by atoms with van der Waals surface area (Å²) in [5.74, 6) is 0. The molecule has 0 amide bonds. The first-order valence-corrected chi connectivity index (χ1v) is 6.84. The Kier molecular flexibility index (Phi) is 4.01. The van der Waals surface area contributed by atoms with Crippen LogP contribution < -0.4 is 0 Å². The van der Waals surface area contributed by atoms with Gasteiger partial charge < -0.3 is 0 Å². The molecule has 0 saturated heterocycles. The Morgan fingerprint density at radius 2 is 1.82 bits per heavy atom. The number of pyridine rings is 1. The lowest BCUT2D eigenvalue weighted by molar-refractivity contribution is 0.898. The zero-order chi connectivity index (χ0) is 12.4. The number of nitrogens with zero attached hydrogens (tertiary/aromatic N) is 3. The van der Waals surface area contributed by atoms with Crippen molar-refractivity contribution in [3.63, 3.8) is 0 Å². The molecule has 0 aromatic carbocycles. The second-order valence-corrected chi connectivity index (χ2v) is 5.72. The van der Waals surface area contributed by atoms with E-state index in [9.17, 15) is 0 Å². The molecular formula is C11H9BrClN3S. The Balaban J connectivity index is 2.31. The molecule has 2 aromatic heterocycles. The van der Waals surface area contributed by atoms with Crippen LogP contribution in [0.15, 0.2) is 33.0 Å². The van der Waals surface area contributed by atoms with Crippen LogP contribution in [0.25, 0.3) is 0 Å². The number of hydrogen-bond donors (Lipinski definition) is 0. The van der Waals surface area contributed by atoms with Crippen LogP contribution in [-0.2, 0) is 0 Å². The van der Waals surface area contributed by atoms with E-state index >= 15 is 0 Å². The monoisotopic (exact) mass is 329 g/mol. The fourth-order valence-corrected chi connectivity index (χ4v) is 3.00. The summed E-state index contributed by atoms with van der Waals surface area (Å²) < 4.78 is 0.845. The van der Waals surface area contributed by atoms with E-state index in [0.29, 0.717) is 10.2 Å². The van der Waals surface area contributed by atoms with Gasteiger partial charge >= 0.3 is 0 Å². The highest BCUT2D eigenvalue weighted by atomic mass is 79.9. The van der Waals surface area contributed by atoms with Gasteiger partial charge in [0.2, 0.25) is 0 Å². The van der Waals surface area contributed by atoms with Crippen LogP contribution >= 0.6 is 39.3 Å². The minimum Gasteiger partial charge on any atom is -0.247 e. The van der Waals surface area contributed by atoms with Gasteiger partial charge in [-0.3, -0.25) is 0 Å². The maximum absolute atomic E-state index is 5.84. The van der Waals surface area contributed by atoms with Crippen molar-refractivity contribution in [1.82, 2.24) is 15.0 Å². The first-order chi connectivity index (χ1) is 8.04. The van der Waals surface area contributed by atoms with Crippen molar-refractivity contribution in [2.75, 3.05) is 0 Å². The predicted octanol–water partition coefficient (Wildman–Crippen LogP) is 4.06. The fourth-order valence-electron chi connectivity index (χ4n) is 1.30. The molecule has 6 heteroatoms. The Bertz CT molecular complexity index is 542. The van der Waals surface area contributed by atoms with E-state index in [0.717, 1.165) is 20.9 Å². The van der Waals surface area contributed by atoms with E-state index < -0.39 is 0 Å². The smallest absolute Gasteiger partial charge is 0.194 e. The number of rotatable bonds is 2. The summed E-state index contributed by atoms with van der Waals surface area (Å²) in [6.07, 6.45) is 1.61. The Hall–Kier alpha value is -0.650. The van der Waals surface area contributed by atoms with Crippen LogP contribution in [-0.4, -0.2) is 15.0 Å². The second kappa shape index (κ2) is 5.33. The summed E-state index contributed by atoms with van der Waals surface area (Å²) in [5.41, 5.74) is 1.90. The highest BCUT2D eigenvalue weighted by Gasteiger charge is 2.08. The van der Waals surface area contributed by atoms with Gasteiger partial charge in [0, 0.05) is 17.6 Å². The molecule has 2 heterocycles. The van der Waals surface area contributed by atoms with Gasteiger partial charge in [-0.15, -0.1) is 0 Å². The van der Waals surface area contributed by atoms with Gasteiger partial charge in [-0.1, -0.05) is 11.6 Å². The summed E-state index contributed by atoms with van der Waals surface area (Å²) in [6.45, 7) is 3.89. The minimum absolute atomic E-state index is 0.600. The van der Waals surface area contributed by atoms with Crippen LogP contribution in [0, 0.1) is 13.8 Å². The molecule has 0 aliphatic carbocycles. The van der Waals surface area contributed by atoms with Crippen molar-refractivity contribution in [2.24, 2.45) is 0 Å². The van der Waals surface area contributed by atoms with Crippen LogP contribution in [0.3, 0.4) is 0 Å². The van der Waals surface area contributed by atoms with Gasteiger partial charge in [-0.25, -0.2) is 15.0 Å². The predicted molar refractivity (Wildman–Crippen MR) is 72.6 cm³/mol. The lowest BCUT2D eigenvalue weighted by Crippen LogP contribution is -1.93. The minimum atomic E-state index is 0.600. The third-order valence-corrected chi connectivity index (χ3v) is 3.88. The van der Waals surface area contributed by atoms with Crippen molar-refractivity contribution >= 4 is 39.3 Å². The molecule has 0 saturated carbocycles. The highest BCUT2D eigenvalue weighted by molar-refractivity contribution is 9.10. The molecule has 88 valence electrons. The normalized spacial score (nSPS) is 10.6. The molecule has 2 rings (SSSR count). The van der Waals surface area contributed by atoms with Gasteiger partial charge in [0.25, 0.3) is 0 Å². The standard InChI is InChI=1S/C11H9BrClN3S/c1-6-3-7(2)16-11(15-6)17-10-9(12)4-8(13)5-14-10/h3-5H,1-2H3. The molecule has 0 bridgehead atoms. The zero-order valence-electron chi connectivity index (χ0n) is 9.24. The summed E-state index contributed by atoms with van der Waals surface area (Å²) in [5, 5.41) is 2.10. The van der Waals surface area contributed by atoms with Gasteiger partial charge in [-0.05, 0) is 53.7 Å². The zero-order valence-corrected chi connectivity index (χ0v) is 12.4. The number of halogens is 2. The second-order valence-electron chi connectivity index (χ2n) is 3.48. The van der Waals surface area contributed by atoms with E-state index in [1.54, 1.807) is 12.3 Å². The topological polar surface area (TPSA) is 38.7 Å². The first-order valence-electron chi connectivity index (χ1n) is 4.86. The highest BCUT2D eigenvalue weighted by Crippen LogP contribution is 2.31. The van der Waals surface area contributed by atoms with Gasteiger partial charge in [0.1, 0.15) is 5.03 Å². The third kappa shape index (κ3) is 3.40. The maximum Gasteiger partial charge on any atom is 0.194 e. The molecular weight excluding hydrogens is 322 g/mol. The van der Waals surface area contributed by atoms with Crippen LogP contribution in [0.5, 0.6) is 0 Å². The van der Waals surface area contributed by atoms with E-state index in [-0.39, 0.29) is 0 Å². The first kappa shape index (κ1) is 12.8. The van der Waals surface area contributed by atoms with E-state index in [4.69, 9.17) is 11.6 Å². The van der Waals surface area contributed by atoms with Crippen LogP contribution in [0.4, 0.5) is 0 Å². The van der Waals surface area contributed by atoms with Crippen molar-refractivity contribution < 1.29 is 0 Å². The molecule has 0 unspecified atom stereocenters. The summed E-state index contributed by atoms with van der Waals surface area (Å²) in [4.78, 5) is 12.9. The van der Waals surface area contributed by atoms with Gasteiger partial charge in [-0.2, -0.15) is 0 Å². The molecule has 0 aliphatic rings. The van der Waals surface area contributed by atoms with Crippen molar-refractivity contribution in [2.45, 2.75) is 24.0 Å². The fraction of sp³-hybridized carbons (Fsp3) is 0.182. The van der Waals surface area contributed by atoms with E-state index in [1.165, 1.54) is 11.8 Å². The SMILES string of the molecule is Cc1cc(C)nc(Sc2ncc(Cl)cc2Br)n1. The van der Waals surface area contributed by atoms with Crippen molar-refractivity contribution in [3.05, 3.63) is 39.2 Å². The molecule has 3 nitrogen and oxygen atoms in total. The largest absolute Gasteiger partial charge is 0.247 e. The Morgan fingerprint density at radius 1 is 1.18 bits per heavy atom. The number of aromatic nitrogens is 3. The average Bonchev–Trinajstić information content (AvgIpc) is 2.21. The van der Waals surface area contributed by atoms with Gasteiger partial charge in [0.05, 0.1) is 9.50 Å². The number of aryl methyl sites for hydroxylation is 2. The van der Waals surface area contributed by atoms with Gasteiger partial charge in [0.15, 0.2) is 5.16 Å². The molecule has 0 radical (unpaired) electrons. The molecule has 17 heavy (non-hydrogen) atoms. The van der Waals surface area contributed by atoms with Crippen molar-refractivity contribution in [3.8, 4) is 0 Å². The summed E-state index contributed by atoms with van der Waals surface area (Å²) in [6, 6.07) is 3.74. The molecule has 0 spiro atoms.